The number of carboxylic acids is 1. The number of carboxylic acid groups (broad SMARTS) is 1. The van der Waals surface area contributed by atoms with Crippen LogP contribution in [0.3, 0.4) is 0 Å². The molecule has 2 aromatic rings. The summed E-state index contributed by atoms with van der Waals surface area (Å²) in [4.78, 5) is 23.6. The molecule has 0 aliphatic rings. The van der Waals surface area contributed by atoms with Crippen molar-refractivity contribution in [3.05, 3.63) is 70.3 Å². The van der Waals surface area contributed by atoms with Gasteiger partial charge in [-0.25, -0.2) is 4.79 Å². The molecule has 0 aliphatic heterocycles. The van der Waals surface area contributed by atoms with Gasteiger partial charge in [0, 0.05) is 6.42 Å². The van der Waals surface area contributed by atoms with Gasteiger partial charge in [-0.1, -0.05) is 24.3 Å². The Bertz CT molecular complexity index is 905. The maximum absolute atomic E-state index is 12.9. The van der Waals surface area contributed by atoms with Gasteiger partial charge in [0.05, 0.1) is 17.5 Å². The van der Waals surface area contributed by atoms with E-state index in [4.69, 9.17) is 0 Å². The first-order valence-electron chi connectivity index (χ1n) is 8.62. The number of halogens is 6. The average Bonchev–Trinajstić information content (AvgIpc) is 2.61. The molecule has 0 aliphatic carbocycles. The number of carbonyl (C=O) groups excluding carboxylic acids is 1. The Morgan fingerprint density at radius 3 is 1.97 bits per heavy atom. The Labute approximate surface area is 167 Å². The van der Waals surface area contributed by atoms with Crippen molar-refractivity contribution in [1.29, 1.82) is 0 Å². The first-order chi connectivity index (χ1) is 13.8. The Morgan fingerprint density at radius 2 is 1.50 bits per heavy atom. The van der Waals surface area contributed by atoms with Crippen molar-refractivity contribution in [2.75, 3.05) is 0 Å². The second-order valence-electron chi connectivity index (χ2n) is 6.68. The molecule has 0 saturated carbocycles. The third kappa shape index (κ3) is 6.23. The highest BCUT2D eigenvalue weighted by Crippen LogP contribution is 2.36. The molecule has 1 amide bonds. The molecule has 0 aromatic heterocycles. The Balaban J connectivity index is 2.23. The smallest absolute Gasteiger partial charge is 0.416 e. The topological polar surface area (TPSA) is 66.4 Å². The van der Waals surface area contributed by atoms with Crippen LogP contribution in [0.1, 0.15) is 27.8 Å². The largest absolute Gasteiger partial charge is 0.480 e. The SMILES string of the molecule is Cc1ccccc1C[C@@H](NC(=O)Cc1cc(C(F)(F)F)cc(C(F)(F)F)c1)C(=O)O. The summed E-state index contributed by atoms with van der Waals surface area (Å²) in [5, 5.41) is 11.5. The molecule has 10 heteroatoms. The Hall–Kier alpha value is -3.04. The van der Waals surface area contributed by atoms with Crippen LogP contribution in [0.5, 0.6) is 0 Å². The molecule has 2 aromatic carbocycles. The van der Waals surface area contributed by atoms with E-state index in [0.717, 1.165) is 5.56 Å². The van der Waals surface area contributed by atoms with E-state index in [1.165, 1.54) is 0 Å². The summed E-state index contributed by atoms with van der Waals surface area (Å²) in [5.74, 6) is -2.39. The zero-order chi connectivity index (χ0) is 22.7. The lowest BCUT2D eigenvalue weighted by Crippen LogP contribution is -2.43. The number of benzene rings is 2. The third-order valence-electron chi connectivity index (χ3n) is 4.33. The number of nitrogens with one attached hydrogen (secondary N) is 1. The predicted octanol–water partition coefficient (Wildman–Crippen LogP) is 4.39. The van der Waals surface area contributed by atoms with Crippen molar-refractivity contribution in [2.45, 2.75) is 38.2 Å². The second-order valence-corrected chi connectivity index (χ2v) is 6.68. The van der Waals surface area contributed by atoms with Crippen LogP contribution in [0.2, 0.25) is 0 Å². The summed E-state index contributed by atoms with van der Waals surface area (Å²) in [6.45, 7) is 1.73. The summed E-state index contributed by atoms with van der Waals surface area (Å²) >= 11 is 0. The summed E-state index contributed by atoms with van der Waals surface area (Å²) < 4.78 is 77.5. The number of carbonyl (C=O) groups is 2. The van der Waals surface area contributed by atoms with Crippen LogP contribution in [-0.4, -0.2) is 23.0 Å². The molecule has 0 radical (unpaired) electrons. The van der Waals surface area contributed by atoms with Crippen LogP contribution in [0.15, 0.2) is 42.5 Å². The van der Waals surface area contributed by atoms with Crippen molar-refractivity contribution >= 4 is 11.9 Å². The fourth-order valence-corrected chi connectivity index (χ4v) is 2.81. The first kappa shape index (κ1) is 23.2. The van der Waals surface area contributed by atoms with Gasteiger partial charge in [0.1, 0.15) is 6.04 Å². The number of rotatable bonds is 6. The lowest BCUT2D eigenvalue weighted by molar-refractivity contribution is -0.143. The van der Waals surface area contributed by atoms with Gasteiger partial charge in [-0.2, -0.15) is 26.3 Å². The average molecular weight is 433 g/mol. The van der Waals surface area contributed by atoms with Crippen LogP contribution >= 0.6 is 0 Å². The minimum Gasteiger partial charge on any atom is -0.480 e. The van der Waals surface area contributed by atoms with Gasteiger partial charge >= 0.3 is 18.3 Å². The normalized spacial score (nSPS) is 13.0. The number of aliphatic carboxylic acids is 1. The molecule has 0 heterocycles. The molecular formula is C20H17F6NO3. The molecule has 2 N–H and O–H groups in total. The van der Waals surface area contributed by atoms with E-state index in [9.17, 15) is 41.0 Å². The van der Waals surface area contributed by atoms with E-state index in [1.807, 2.05) is 0 Å². The maximum atomic E-state index is 12.9. The highest BCUT2D eigenvalue weighted by molar-refractivity contribution is 5.85. The highest BCUT2D eigenvalue weighted by atomic mass is 19.4. The van der Waals surface area contributed by atoms with Crippen molar-refractivity contribution in [3.8, 4) is 0 Å². The number of aryl methyl sites for hydroxylation is 1. The fraction of sp³-hybridized carbons (Fsp3) is 0.300. The van der Waals surface area contributed by atoms with E-state index in [-0.39, 0.29) is 12.5 Å². The Kier molecular flexibility index (Phi) is 6.79. The number of hydrogen-bond donors (Lipinski definition) is 2. The van der Waals surface area contributed by atoms with E-state index < -0.39 is 53.4 Å². The van der Waals surface area contributed by atoms with Crippen LogP contribution in [-0.2, 0) is 34.8 Å². The van der Waals surface area contributed by atoms with Crippen LogP contribution < -0.4 is 5.32 Å². The zero-order valence-corrected chi connectivity index (χ0v) is 15.6. The van der Waals surface area contributed by atoms with E-state index in [0.29, 0.717) is 17.7 Å². The van der Waals surface area contributed by atoms with Crippen LogP contribution in [0.25, 0.3) is 0 Å². The van der Waals surface area contributed by atoms with Crippen molar-refractivity contribution in [2.24, 2.45) is 0 Å². The number of amides is 1. The van der Waals surface area contributed by atoms with Gasteiger partial charge < -0.3 is 10.4 Å². The fourth-order valence-electron chi connectivity index (χ4n) is 2.81. The molecule has 30 heavy (non-hydrogen) atoms. The van der Waals surface area contributed by atoms with E-state index in [2.05, 4.69) is 5.32 Å². The molecule has 162 valence electrons. The van der Waals surface area contributed by atoms with Crippen molar-refractivity contribution in [1.82, 2.24) is 5.32 Å². The van der Waals surface area contributed by atoms with Gasteiger partial charge in [0.15, 0.2) is 0 Å². The molecule has 0 fully saturated rings. The molecule has 2 rings (SSSR count). The highest BCUT2D eigenvalue weighted by Gasteiger charge is 2.37. The van der Waals surface area contributed by atoms with Gasteiger partial charge in [-0.15, -0.1) is 0 Å². The molecule has 1 atom stereocenters. The molecular weight excluding hydrogens is 416 g/mol. The third-order valence-corrected chi connectivity index (χ3v) is 4.33. The quantitative estimate of drug-likeness (QED) is 0.665. The minimum absolute atomic E-state index is 0.0420. The van der Waals surface area contributed by atoms with Gasteiger partial charge in [-0.3, -0.25) is 4.79 Å². The number of alkyl halides is 6. The van der Waals surface area contributed by atoms with E-state index in [1.54, 1.807) is 31.2 Å². The molecule has 4 nitrogen and oxygen atoms in total. The van der Waals surface area contributed by atoms with E-state index >= 15 is 0 Å². The summed E-state index contributed by atoms with van der Waals surface area (Å²) in [6, 6.07) is 6.23. The lowest BCUT2D eigenvalue weighted by Gasteiger charge is -2.17. The molecule has 0 bridgehead atoms. The zero-order valence-electron chi connectivity index (χ0n) is 15.6. The maximum Gasteiger partial charge on any atom is 0.416 e. The Morgan fingerprint density at radius 1 is 0.967 bits per heavy atom. The molecule has 0 spiro atoms. The van der Waals surface area contributed by atoms with Crippen molar-refractivity contribution < 1.29 is 41.0 Å². The predicted molar refractivity (Wildman–Crippen MR) is 94.6 cm³/mol. The summed E-state index contributed by atoms with van der Waals surface area (Å²) in [5.41, 5.74) is -2.23. The molecule has 0 unspecified atom stereocenters. The van der Waals surface area contributed by atoms with Crippen molar-refractivity contribution in [3.63, 3.8) is 0 Å². The standard InChI is InChI=1S/C20H17F6NO3/c1-11-4-2-3-5-13(11)9-16(18(29)30)27-17(28)8-12-6-14(19(21,22)23)10-15(7-12)20(24,25)26/h2-7,10,16H,8-9H2,1H3,(H,27,28)(H,29,30)/t16-/m1/s1. The summed E-state index contributed by atoms with van der Waals surface area (Å²) in [7, 11) is 0. The van der Waals surface area contributed by atoms with Gasteiger partial charge in [0.25, 0.3) is 0 Å². The van der Waals surface area contributed by atoms with Gasteiger partial charge in [-0.05, 0) is 41.8 Å². The van der Waals surface area contributed by atoms with Gasteiger partial charge in [0.2, 0.25) is 5.91 Å². The second kappa shape index (κ2) is 8.76. The first-order valence-corrected chi connectivity index (χ1v) is 8.62. The van der Waals surface area contributed by atoms with Crippen LogP contribution in [0.4, 0.5) is 26.3 Å². The monoisotopic (exact) mass is 433 g/mol. The minimum atomic E-state index is -5.04. The van der Waals surface area contributed by atoms with Crippen LogP contribution in [0, 0.1) is 6.92 Å². The lowest BCUT2D eigenvalue weighted by atomic mass is 10.00. The number of hydrogen-bond acceptors (Lipinski definition) is 2. The molecule has 0 saturated heterocycles. The summed E-state index contributed by atoms with van der Waals surface area (Å²) in [6.07, 6.45) is -11.0.